The first-order valence-corrected chi connectivity index (χ1v) is 26.0. The summed E-state index contributed by atoms with van der Waals surface area (Å²) in [6.45, 7) is -0.140. The number of nitrogens with zero attached hydrogens (tertiary/aromatic N) is 10. The minimum atomic E-state index is -0.893. The number of carbonyl (C=O) groups is 1. The summed E-state index contributed by atoms with van der Waals surface area (Å²) >= 11 is 0. The van der Waals surface area contributed by atoms with Gasteiger partial charge in [-0.05, 0) is 70.3 Å². The highest BCUT2D eigenvalue weighted by Gasteiger charge is 2.27. The number of benzene rings is 6. The van der Waals surface area contributed by atoms with Gasteiger partial charge in [0.2, 0.25) is 0 Å². The van der Waals surface area contributed by atoms with Crippen molar-refractivity contribution in [3.63, 3.8) is 0 Å². The van der Waals surface area contributed by atoms with Crippen molar-refractivity contribution in [2.45, 2.75) is 6.42 Å². The van der Waals surface area contributed by atoms with Crippen LogP contribution >= 0.6 is 0 Å². The normalized spacial score (nSPS) is 11.4. The second-order valence-electron chi connectivity index (χ2n) is 19.1. The Morgan fingerprint density at radius 1 is 0.524 bits per heavy atom. The lowest BCUT2D eigenvalue weighted by Gasteiger charge is -2.15. The van der Waals surface area contributed by atoms with Gasteiger partial charge in [-0.3, -0.25) is 24.9 Å². The maximum absolute atomic E-state index is 15.2. The molecule has 82 heavy (non-hydrogen) atoms. The quantitative estimate of drug-likeness (QED) is 0.0740. The monoisotopic (exact) mass is 1070 g/mol. The van der Waals surface area contributed by atoms with Crippen LogP contribution in [-0.2, 0) is 11.2 Å². The van der Waals surface area contributed by atoms with E-state index in [1.165, 1.54) is 15.4 Å². The molecule has 0 amide bonds. The van der Waals surface area contributed by atoms with Crippen LogP contribution in [0.4, 0.5) is 23.5 Å². The first kappa shape index (κ1) is 48.6. The Labute approximate surface area is 463 Å². The summed E-state index contributed by atoms with van der Waals surface area (Å²) in [6, 6.07) is 57.0. The molecule has 14 rings (SSSR count). The van der Waals surface area contributed by atoms with E-state index in [0.717, 1.165) is 44.1 Å². The lowest BCUT2D eigenvalue weighted by molar-refractivity contribution is 0.0465. The van der Waals surface area contributed by atoms with Gasteiger partial charge < -0.3 is 24.4 Å². The Hall–Kier alpha value is -11.7. The summed E-state index contributed by atoms with van der Waals surface area (Å²) < 4.78 is 14.5. The molecule has 0 saturated carbocycles. The summed E-state index contributed by atoms with van der Waals surface area (Å²) in [4.78, 5) is 68.7. The molecule has 394 valence electrons. The number of hydrogen-bond donors (Lipinski definition) is 4. The summed E-state index contributed by atoms with van der Waals surface area (Å²) in [6.07, 6.45) is 6.58. The van der Waals surface area contributed by atoms with E-state index in [2.05, 4.69) is 45.8 Å². The first-order chi connectivity index (χ1) is 40.4. The maximum atomic E-state index is 15.2. The smallest absolute Gasteiger partial charge is 0.396 e. The molecule has 0 saturated heterocycles. The van der Waals surface area contributed by atoms with E-state index in [1.54, 1.807) is 30.7 Å². The van der Waals surface area contributed by atoms with E-state index in [-0.39, 0.29) is 36.0 Å². The van der Waals surface area contributed by atoms with Crippen molar-refractivity contribution in [1.29, 1.82) is 0 Å². The van der Waals surface area contributed by atoms with Gasteiger partial charge in [-0.15, -0.1) is 0 Å². The fourth-order valence-electron chi connectivity index (χ4n) is 10.3. The predicted molar refractivity (Wildman–Crippen MR) is 312 cm³/mol. The number of aromatic amines is 2. The van der Waals surface area contributed by atoms with Gasteiger partial charge in [-0.2, -0.15) is 19.2 Å². The van der Waals surface area contributed by atoms with Crippen molar-refractivity contribution < 1.29 is 13.9 Å². The molecule has 14 aromatic rings. The number of anilines is 4. The average Bonchev–Trinajstić information content (AvgIpc) is 3.32. The second-order valence-corrected chi connectivity index (χ2v) is 19.1. The van der Waals surface area contributed by atoms with Crippen LogP contribution in [0.15, 0.2) is 221 Å². The Balaban J connectivity index is 0.800. The summed E-state index contributed by atoms with van der Waals surface area (Å²) in [5.74, 6) is -0.325. The summed E-state index contributed by atoms with van der Waals surface area (Å²) in [7, 11) is 0. The zero-order valence-electron chi connectivity index (χ0n) is 43.1. The molecule has 8 heterocycles. The van der Waals surface area contributed by atoms with Crippen molar-refractivity contribution in [2.24, 2.45) is 0 Å². The molecular formula is C63H42N14O5. The molecule has 0 spiro atoms. The zero-order valence-corrected chi connectivity index (χ0v) is 43.1. The van der Waals surface area contributed by atoms with Crippen molar-refractivity contribution >= 4 is 62.5 Å². The Bertz CT molecular complexity index is 4860. The Kier molecular flexibility index (Phi) is 12.2. The van der Waals surface area contributed by atoms with Crippen molar-refractivity contribution in [3.8, 4) is 67.0 Å². The van der Waals surface area contributed by atoms with Crippen LogP contribution in [0.2, 0.25) is 0 Å². The number of fused-ring (bicyclic) bond motifs is 4. The minimum absolute atomic E-state index is 0.140. The zero-order chi connectivity index (χ0) is 55.1. The number of hydrogen-bond acceptors (Lipinski definition) is 15. The van der Waals surface area contributed by atoms with Crippen molar-refractivity contribution in [2.75, 3.05) is 17.2 Å². The van der Waals surface area contributed by atoms with Gasteiger partial charge in [0.25, 0.3) is 11.1 Å². The molecule has 0 aliphatic rings. The van der Waals surface area contributed by atoms with Crippen molar-refractivity contribution in [3.05, 3.63) is 239 Å². The number of pyridine rings is 2. The number of H-pyrrole nitrogens is 2. The van der Waals surface area contributed by atoms with Gasteiger partial charge in [0.1, 0.15) is 46.5 Å². The number of carbonyl (C=O) groups excluding carboxylic acids is 1. The standard InChI is InChI=1S/C63H42N14O5/c78-60-50(42-25-26-46-41(33-42)23-13-29-65-46)56(70-58-49(38-17-7-2-8-18-38)54(74-76(58)60)40-21-11-4-12-22-40)71-63-73-72-59(82-63)62(80)81-32-28-44-35-45(34-43-24-14-30-66-52(43)44)51-55(68-47-27-31-64-36-67-47)69-57-48(37-15-5-1-6-16-37)53(75-77(57)61(51)79)39-19-9-3-10-20-39/h1-27,29-31,33-36,69-70H,28,32H2,(H,71,73)(H,64,67,68). The molecule has 0 radical (unpaired) electrons. The van der Waals surface area contributed by atoms with Crippen LogP contribution in [0.25, 0.3) is 100 Å². The van der Waals surface area contributed by atoms with E-state index in [1.807, 2.05) is 170 Å². The molecule has 0 atom stereocenters. The lowest BCUT2D eigenvalue weighted by atomic mass is 9.98. The minimum Gasteiger partial charge on any atom is -0.458 e. The third kappa shape index (κ3) is 8.90. The van der Waals surface area contributed by atoms with E-state index in [9.17, 15) is 9.59 Å². The highest BCUT2D eigenvalue weighted by atomic mass is 16.5. The van der Waals surface area contributed by atoms with Crippen LogP contribution in [0.1, 0.15) is 16.2 Å². The molecular weight excluding hydrogens is 1030 g/mol. The van der Waals surface area contributed by atoms with Crippen LogP contribution in [-0.4, -0.2) is 71.9 Å². The molecule has 0 unspecified atom stereocenters. The summed E-state index contributed by atoms with van der Waals surface area (Å²) in [5.41, 5.74) is 9.58. The third-order valence-electron chi connectivity index (χ3n) is 14.0. The highest BCUT2D eigenvalue weighted by molar-refractivity contribution is 5.96. The van der Waals surface area contributed by atoms with Gasteiger partial charge in [-0.25, -0.2) is 14.8 Å². The average molecular weight is 1080 g/mol. The molecule has 19 nitrogen and oxygen atoms in total. The second kappa shape index (κ2) is 20.6. The van der Waals surface area contributed by atoms with Crippen LogP contribution in [0.3, 0.4) is 0 Å². The van der Waals surface area contributed by atoms with Gasteiger partial charge in [0, 0.05) is 46.9 Å². The molecule has 0 aliphatic heterocycles. The molecule has 0 aliphatic carbocycles. The lowest BCUT2D eigenvalue weighted by Crippen LogP contribution is -2.20. The van der Waals surface area contributed by atoms with E-state index < -0.39 is 23.0 Å². The van der Waals surface area contributed by atoms with Crippen LogP contribution in [0, 0.1) is 0 Å². The largest absolute Gasteiger partial charge is 0.458 e. The maximum Gasteiger partial charge on any atom is 0.396 e. The molecule has 0 bridgehead atoms. The fraction of sp³-hybridized carbons (Fsp3) is 0.0317. The first-order valence-electron chi connectivity index (χ1n) is 26.0. The van der Waals surface area contributed by atoms with Gasteiger partial charge in [0.15, 0.2) is 0 Å². The van der Waals surface area contributed by atoms with Gasteiger partial charge in [-0.1, -0.05) is 150 Å². The highest BCUT2D eigenvalue weighted by Crippen LogP contribution is 2.39. The molecule has 4 N–H and O–H groups in total. The summed E-state index contributed by atoms with van der Waals surface area (Å²) in [5, 5.41) is 26.1. The van der Waals surface area contributed by atoms with Crippen LogP contribution < -0.4 is 21.8 Å². The number of rotatable bonds is 14. The van der Waals surface area contributed by atoms with Gasteiger partial charge in [0.05, 0.1) is 39.9 Å². The van der Waals surface area contributed by atoms with E-state index >= 15 is 4.79 Å². The van der Waals surface area contributed by atoms with Crippen molar-refractivity contribution in [1.82, 2.24) is 59.3 Å². The number of esters is 1. The number of nitrogens with one attached hydrogen (secondary N) is 4. The van der Waals surface area contributed by atoms with Gasteiger partial charge >= 0.3 is 17.9 Å². The van der Waals surface area contributed by atoms with E-state index in [0.29, 0.717) is 62.1 Å². The number of ether oxygens (including phenoxy) is 1. The topological polar surface area (TPSA) is 241 Å². The molecule has 0 fully saturated rings. The SMILES string of the molecule is O=C(OCCc1cc(-c2c(Nc3ccncn3)[nH]c3c(-c4ccccc4)c(-c4ccccc4)nn3c2=O)cc2cccnc12)c1nnc(Nc2[nH]c3c(-c4ccccc4)c(-c4ccccc4)nn3c(=O)c2-c2ccc3ncccc3c2)o1. The molecule has 6 aromatic carbocycles. The van der Waals surface area contributed by atoms with E-state index in [4.69, 9.17) is 24.3 Å². The molecule has 19 heteroatoms. The molecule has 8 aromatic heterocycles. The predicted octanol–water partition coefficient (Wildman–Crippen LogP) is 11.5. The van der Waals surface area contributed by atoms with Crippen LogP contribution in [0.5, 0.6) is 0 Å². The third-order valence-corrected chi connectivity index (χ3v) is 14.0. The Morgan fingerprint density at radius 3 is 1.72 bits per heavy atom. The Morgan fingerprint density at radius 2 is 1.10 bits per heavy atom. The fourth-order valence-corrected chi connectivity index (χ4v) is 10.3. The number of aromatic nitrogens is 12.